The molecular formula is C16H17N3O2. The molecule has 2 aromatic rings. The van der Waals surface area contributed by atoms with Gasteiger partial charge >= 0.3 is 0 Å². The molecule has 21 heavy (non-hydrogen) atoms. The van der Waals surface area contributed by atoms with E-state index in [1.807, 2.05) is 24.3 Å². The molecule has 0 unspecified atom stereocenters. The van der Waals surface area contributed by atoms with Gasteiger partial charge in [0.1, 0.15) is 29.9 Å². The van der Waals surface area contributed by atoms with Gasteiger partial charge in [0.05, 0.1) is 7.11 Å². The van der Waals surface area contributed by atoms with Crippen LogP contribution in [0.5, 0.6) is 11.5 Å². The minimum Gasteiger partial charge on any atom is -0.497 e. The predicted molar refractivity (Wildman–Crippen MR) is 79.0 cm³/mol. The number of methoxy groups -OCH3 is 1. The molecule has 1 aromatic carbocycles. The molecule has 1 aromatic heterocycles. The van der Waals surface area contributed by atoms with Crippen molar-refractivity contribution in [3.05, 3.63) is 53.3 Å². The maximum Gasteiger partial charge on any atom is 0.147 e. The number of benzene rings is 1. The third kappa shape index (κ3) is 3.71. The van der Waals surface area contributed by atoms with Crippen LogP contribution < -0.4 is 15.2 Å². The maximum absolute atomic E-state index is 9.02. The fourth-order valence-electron chi connectivity index (χ4n) is 1.99. The summed E-state index contributed by atoms with van der Waals surface area (Å²) < 4.78 is 11.0. The van der Waals surface area contributed by atoms with Gasteiger partial charge in [0, 0.05) is 11.8 Å². The maximum atomic E-state index is 9.02. The Labute approximate surface area is 123 Å². The zero-order valence-corrected chi connectivity index (χ0v) is 11.9. The fourth-order valence-corrected chi connectivity index (χ4v) is 1.99. The number of aromatic nitrogens is 1. The Morgan fingerprint density at radius 1 is 1.29 bits per heavy atom. The van der Waals surface area contributed by atoms with Gasteiger partial charge in [-0.05, 0) is 42.8 Å². The molecule has 0 saturated heterocycles. The molecule has 0 bridgehead atoms. The first-order valence-electron chi connectivity index (χ1n) is 6.62. The number of nitrogens with zero attached hydrogens (tertiary/aromatic N) is 2. The van der Waals surface area contributed by atoms with E-state index >= 15 is 0 Å². The highest BCUT2D eigenvalue weighted by atomic mass is 16.5. The number of nitrogens with two attached hydrogens (primary N) is 1. The summed E-state index contributed by atoms with van der Waals surface area (Å²) in [6.45, 7) is 0.820. The van der Waals surface area contributed by atoms with Crippen molar-refractivity contribution in [1.82, 2.24) is 4.98 Å². The van der Waals surface area contributed by atoms with Crippen LogP contribution in [0.25, 0.3) is 0 Å². The van der Waals surface area contributed by atoms with Crippen LogP contribution in [0, 0.1) is 11.3 Å². The lowest BCUT2D eigenvalue weighted by Crippen LogP contribution is -2.06. The Morgan fingerprint density at radius 2 is 2.14 bits per heavy atom. The predicted octanol–water partition coefficient (Wildman–Crippen LogP) is 2.04. The lowest BCUT2D eigenvalue weighted by atomic mass is 10.1. The molecule has 1 heterocycles. The van der Waals surface area contributed by atoms with Crippen LogP contribution in [-0.2, 0) is 13.0 Å². The van der Waals surface area contributed by atoms with Crippen molar-refractivity contribution in [2.45, 2.75) is 13.0 Å². The van der Waals surface area contributed by atoms with Gasteiger partial charge in [-0.25, -0.2) is 4.98 Å². The third-order valence-electron chi connectivity index (χ3n) is 3.06. The average molecular weight is 283 g/mol. The molecule has 2 rings (SSSR count). The Morgan fingerprint density at radius 3 is 2.86 bits per heavy atom. The van der Waals surface area contributed by atoms with Gasteiger partial charge in [-0.1, -0.05) is 6.07 Å². The number of rotatable bonds is 6. The summed E-state index contributed by atoms with van der Waals surface area (Å²) in [5.74, 6) is 1.51. The summed E-state index contributed by atoms with van der Waals surface area (Å²) >= 11 is 0. The molecule has 0 fully saturated rings. The molecule has 5 nitrogen and oxygen atoms in total. The van der Waals surface area contributed by atoms with Crippen molar-refractivity contribution < 1.29 is 9.47 Å². The number of hydrogen-bond donors (Lipinski definition) is 1. The Hall–Kier alpha value is -2.58. The van der Waals surface area contributed by atoms with Crippen molar-refractivity contribution in [3.8, 4) is 17.6 Å². The van der Waals surface area contributed by atoms with Gasteiger partial charge in [0.25, 0.3) is 0 Å². The largest absolute Gasteiger partial charge is 0.497 e. The lowest BCUT2D eigenvalue weighted by molar-refractivity contribution is 0.301. The number of ether oxygens (including phenoxy) is 2. The third-order valence-corrected chi connectivity index (χ3v) is 3.06. The van der Waals surface area contributed by atoms with E-state index in [-0.39, 0.29) is 0 Å². The van der Waals surface area contributed by atoms with E-state index in [1.54, 1.807) is 19.4 Å². The van der Waals surface area contributed by atoms with E-state index < -0.39 is 0 Å². The second-order valence-corrected chi connectivity index (χ2v) is 4.42. The molecule has 0 radical (unpaired) electrons. The molecule has 5 heteroatoms. The smallest absolute Gasteiger partial charge is 0.147 e. The first-order chi connectivity index (χ1) is 10.3. The van der Waals surface area contributed by atoms with Crippen molar-refractivity contribution in [1.29, 1.82) is 5.26 Å². The first-order valence-corrected chi connectivity index (χ1v) is 6.62. The average Bonchev–Trinajstić information content (AvgIpc) is 2.54. The Balaban J connectivity index is 2.17. The van der Waals surface area contributed by atoms with Crippen LogP contribution in [-0.4, -0.2) is 18.6 Å². The summed E-state index contributed by atoms with van der Waals surface area (Å²) in [4.78, 5) is 4.01. The van der Waals surface area contributed by atoms with Crippen LogP contribution in [0.15, 0.2) is 36.5 Å². The highest BCUT2D eigenvalue weighted by Crippen LogP contribution is 2.25. The zero-order chi connectivity index (χ0) is 15.1. The SMILES string of the molecule is COc1ccc(OCc2cccnc2C#N)c(CCN)c1. The zero-order valence-electron chi connectivity index (χ0n) is 11.9. The molecule has 0 saturated carbocycles. The highest BCUT2D eigenvalue weighted by molar-refractivity contribution is 5.41. The van der Waals surface area contributed by atoms with Gasteiger partial charge in [0.15, 0.2) is 0 Å². The topological polar surface area (TPSA) is 81.2 Å². The van der Waals surface area contributed by atoms with E-state index in [0.29, 0.717) is 25.3 Å². The van der Waals surface area contributed by atoms with Gasteiger partial charge in [-0.15, -0.1) is 0 Å². The minimum atomic E-state index is 0.292. The molecule has 0 aliphatic rings. The molecule has 0 aliphatic heterocycles. The minimum absolute atomic E-state index is 0.292. The summed E-state index contributed by atoms with van der Waals surface area (Å²) in [6, 6.07) is 11.3. The molecular weight excluding hydrogens is 266 g/mol. The summed E-state index contributed by atoms with van der Waals surface area (Å²) in [7, 11) is 1.62. The van der Waals surface area contributed by atoms with Crippen molar-refractivity contribution in [2.24, 2.45) is 5.73 Å². The van der Waals surface area contributed by atoms with Gasteiger partial charge in [0.2, 0.25) is 0 Å². The standard InChI is InChI=1S/C16H17N3O2/c1-20-14-4-5-16(12(9-14)6-7-17)21-11-13-3-2-8-19-15(13)10-18/h2-5,8-9H,6-7,11,17H2,1H3. The van der Waals surface area contributed by atoms with Crippen LogP contribution in [0.2, 0.25) is 0 Å². The lowest BCUT2D eigenvalue weighted by Gasteiger charge is -2.13. The number of pyridine rings is 1. The second kappa shape index (κ2) is 7.27. The molecule has 0 amide bonds. The second-order valence-electron chi connectivity index (χ2n) is 4.42. The van der Waals surface area contributed by atoms with Crippen LogP contribution in [0.3, 0.4) is 0 Å². The van der Waals surface area contributed by atoms with Crippen molar-refractivity contribution >= 4 is 0 Å². The number of nitriles is 1. The molecule has 0 spiro atoms. The molecule has 0 aliphatic carbocycles. The normalized spacial score (nSPS) is 9.95. The van der Waals surface area contributed by atoms with E-state index in [9.17, 15) is 0 Å². The van der Waals surface area contributed by atoms with Crippen LogP contribution in [0.4, 0.5) is 0 Å². The van der Waals surface area contributed by atoms with Crippen molar-refractivity contribution in [2.75, 3.05) is 13.7 Å². The van der Waals surface area contributed by atoms with E-state index in [4.69, 9.17) is 20.5 Å². The fraction of sp³-hybridized carbons (Fsp3) is 0.250. The van der Waals surface area contributed by atoms with E-state index in [0.717, 1.165) is 22.6 Å². The molecule has 0 atom stereocenters. The number of hydrogen-bond acceptors (Lipinski definition) is 5. The summed E-state index contributed by atoms with van der Waals surface area (Å²) in [5.41, 5.74) is 7.75. The first kappa shape index (κ1) is 14.8. The monoisotopic (exact) mass is 283 g/mol. The Bertz CT molecular complexity index is 650. The van der Waals surface area contributed by atoms with Gasteiger partial charge < -0.3 is 15.2 Å². The van der Waals surface area contributed by atoms with Gasteiger partial charge in [-0.2, -0.15) is 5.26 Å². The van der Waals surface area contributed by atoms with Crippen LogP contribution in [0.1, 0.15) is 16.8 Å². The van der Waals surface area contributed by atoms with Crippen LogP contribution >= 0.6 is 0 Å². The summed E-state index contributed by atoms with van der Waals surface area (Å²) in [6.07, 6.45) is 2.29. The van der Waals surface area contributed by atoms with E-state index in [1.165, 1.54) is 0 Å². The van der Waals surface area contributed by atoms with Gasteiger partial charge in [-0.3, -0.25) is 0 Å². The summed E-state index contributed by atoms with van der Waals surface area (Å²) in [5, 5.41) is 9.02. The quantitative estimate of drug-likeness (QED) is 0.877. The molecule has 108 valence electrons. The molecule has 2 N–H and O–H groups in total. The highest BCUT2D eigenvalue weighted by Gasteiger charge is 2.08. The van der Waals surface area contributed by atoms with E-state index in [2.05, 4.69) is 11.1 Å². The Kier molecular flexibility index (Phi) is 5.13. The van der Waals surface area contributed by atoms with Crippen molar-refractivity contribution in [3.63, 3.8) is 0 Å².